The number of fused-ring (bicyclic) bond motifs is 1. The molecule has 3 heterocycles. The number of carbonyl (C=O) groups excluding carboxylic acids is 1. The van der Waals surface area contributed by atoms with Crippen LogP contribution in [0.5, 0.6) is 0 Å². The van der Waals surface area contributed by atoms with Gasteiger partial charge in [0.05, 0.1) is 6.61 Å². The molecule has 1 aromatic heterocycles. The third-order valence-electron chi connectivity index (χ3n) is 7.18. The minimum atomic E-state index is -1.35. The SMILES string of the molecule is N#C/C(=C\c1ccc(-c2ccc3cc(N4CCCCC4)ccc3c2)s1)C(=O)NC[C@H]1OC[C@H](O)[C@@H](O)[C@@H]1O. The number of piperidine rings is 1. The number of nitrogens with one attached hydrogen (secondary N) is 1. The minimum Gasteiger partial charge on any atom is -0.388 e. The number of aliphatic hydroxyl groups is 3. The van der Waals surface area contributed by atoms with E-state index in [0.29, 0.717) is 0 Å². The van der Waals surface area contributed by atoms with Gasteiger partial charge >= 0.3 is 0 Å². The Balaban J connectivity index is 1.26. The second-order valence-electron chi connectivity index (χ2n) is 9.80. The summed E-state index contributed by atoms with van der Waals surface area (Å²) in [6.07, 6.45) is 0.575. The fraction of sp³-hybridized carbons (Fsp3) is 0.379. The number of hydrogen-bond donors (Lipinski definition) is 4. The van der Waals surface area contributed by atoms with Crippen LogP contribution < -0.4 is 10.2 Å². The Kier molecular flexibility index (Phi) is 8.07. The van der Waals surface area contributed by atoms with Crippen LogP contribution in [0.25, 0.3) is 27.3 Å². The van der Waals surface area contributed by atoms with Crippen LogP contribution in [0.3, 0.4) is 0 Å². The number of thiophene rings is 1. The average Bonchev–Trinajstić information content (AvgIpc) is 3.42. The summed E-state index contributed by atoms with van der Waals surface area (Å²) in [5, 5.41) is 43.9. The molecule has 2 aliphatic rings. The van der Waals surface area contributed by atoms with Crippen LogP contribution in [0.4, 0.5) is 5.69 Å². The van der Waals surface area contributed by atoms with Crippen LogP contribution in [-0.2, 0) is 9.53 Å². The number of aliphatic hydroxyl groups excluding tert-OH is 3. The van der Waals surface area contributed by atoms with E-state index >= 15 is 0 Å². The zero-order valence-corrected chi connectivity index (χ0v) is 21.7. The van der Waals surface area contributed by atoms with Crippen molar-refractivity contribution < 1.29 is 24.9 Å². The fourth-order valence-corrected chi connectivity index (χ4v) is 5.89. The van der Waals surface area contributed by atoms with Gasteiger partial charge in [-0.1, -0.05) is 18.2 Å². The van der Waals surface area contributed by atoms with Crippen LogP contribution in [0.15, 0.2) is 54.1 Å². The number of nitriles is 1. The maximum absolute atomic E-state index is 12.6. The molecule has 0 aliphatic carbocycles. The third kappa shape index (κ3) is 5.75. The molecule has 0 bridgehead atoms. The first-order valence-electron chi connectivity index (χ1n) is 12.9. The number of nitrogens with zero attached hydrogens (tertiary/aromatic N) is 2. The molecule has 1 amide bonds. The van der Waals surface area contributed by atoms with Gasteiger partial charge in [0.25, 0.3) is 5.91 Å². The van der Waals surface area contributed by atoms with Crippen molar-refractivity contribution in [3.8, 4) is 16.5 Å². The standard InChI is InChI=1S/C29H31N3O5S/c30-15-21(29(36)31-16-25-28(35)27(34)24(33)17-37-25)14-23-8-9-26(38-23)20-5-4-19-13-22(7-6-18(19)12-20)32-10-2-1-3-11-32/h4-9,12-14,24-25,27-28,33-35H,1-3,10-11,16-17H2,(H,31,36)/b21-14+/t24-,25+,27+,28+/m0/s1. The van der Waals surface area contributed by atoms with E-state index in [1.165, 1.54) is 47.7 Å². The maximum Gasteiger partial charge on any atom is 0.262 e. The highest BCUT2D eigenvalue weighted by molar-refractivity contribution is 7.16. The molecule has 38 heavy (non-hydrogen) atoms. The number of rotatable bonds is 6. The second-order valence-corrected chi connectivity index (χ2v) is 10.9. The molecule has 0 saturated carbocycles. The summed E-state index contributed by atoms with van der Waals surface area (Å²) < 4.78 is 5.30. The van der Waals surface area contributed by atoms with Gasteiger partial charge in [0.15, 0.2) is 0 Å². The van der Waals surface area contributed by atoms with E-state index in [1.54, 1.807) is 0 Å². The van der Waals surface area contributed by atoms with Gasteiger partial charge in [-0.05, 0) is 72.0 Å². The number of hydrogen-bond acceptors (Lipinski definition) is 8. The average molecular weight is 534 g/mol. The molecule has 0 radical (unpaired) electrons. The summed E-state index contributed by atoms with van der Waals surface area (Å²) in [4.78, 5) is 16.8. The summed E-state index contributed by atoms with van der Waals surface area (Å²) in [6.45, 7) is 1.98. The smallest absolute Gasteiger partial charge is 0.262 e. The van der Waals surface area contributed by atoms with Gasteiger partial charge < -0.3 is 30.3 Å². The van der Waals surface area contributed by atoms with E-state index in [2.05, 4.69) is 46.6 Å². The van der Waals surface area contributed by atoms with Gasteiger partial charge in [-0.25, -0.2) is 0 Å². The predicted octanol–water partition coefficient (Wildman–Crippen LogP) is 3.06. The molecule has 0 unspecified atom stereocenters. The highest BCUT2D eigenvalue weighted by Gasteiger charge is 2.37. The van der Waals surface area contributed by atoms with E-state index in [4.69, 9.17) is 4.74 Å². The Hall–Kier alpha value is -3.26. The van der Waals surface area contributed by atoms with Crippen molar-refractivity contribution in [3.63, 3.8) is 0 Å². The number of ether oxygens (including phenoxy) is 1. The molecule has 2 saturated heterocycles. The Labute approximate surface area is 225 Å². The van der Waals surface area contributed by atoms with Crippen LogP contribution >= 0.6 is 11.3 Å². The van der Waals surface area contributed by atoms with Crippen molar-refractivity contribution in [3.05, 3.63) is 59.0 Å². The molecule has 3 aromatic rings. The zero-order valence-electron chi connectivity index (χ0n) is 20.9. The van der Waals surface area contributed by atoms with E-state index in [9.17, 15) is 25.4 Å². The van der Waals surface area contributed by atoms with E-state index in [1.807, 2.05) is 18.2 Å². The zero-order chi connectivity index (χ0) is 26.6. The molecule has 2 aliphatic heterocycles. The maximum atomic E-state index is 12.6. The van der Waals surface area contributed by atoms with Crippen molar-refractivity contribution in [1.29, 1.82) is 5.26 Å². The predicted molar refractivity (Wildman–Crippen MR) is 148 cm³/mol. The Morgan fingerprint density at radius 1 is 1.05 bits per heavy atom. The molecule has 5 rings (SSSR count). The van der Waals surface area contributed by atoms with Crippen LogP contribution in [-0.4, -0.2) is 71.9 Å². The van der Waals surface area contributed by atoms with Crippen LogP contribution in [0.1, 0.15) is 24.1 Å². The topological polar surface area (TPSA) is 126 Å². The number of anilines is 1. The first-order chi connectivity index (χ1) is 18.4. The van der Waals surface area contributed by atoms with Gasteiger partial charge in [0.2, 0.25) is 0 Å². The molecule has 4 N–H and O–H groups in total. The molecule has 8 nitrogen and oxygen atoms in total. The second kappa shape index (κ2) is 11.6. The van der Waals surface area contributed by atoms with Crippen LogP contribution in [0.2, 0.25) is 0 Å². The summed E-state index contributed by atoms with van der Waals surface area (Å²) in [6, 6.07) is 18.8. The lowest BCUT2D eigenvalue weighted by Gasteiger charge is -2.35. The van der Waals surface area contributed by atoms with E-state index < -0.39 is 30.3 Å². The first kappa shape index (κ1) is 26.4. The number of carbonyl (C=O) groups is 1. The van der Waals surface area contributed by atoms with Crippen molar-refractivity contribution in [1.82, 2.24) is 5.32 Å². The van der Waals surface area contributed by atoms with E-state index in [0.717, 1.165) is 33.8 Å². The fourth-order valence-electron chi connectivity index (χ4n) is 4.95. The minimum absolute atomic E-state index is 0.0759. The molecule has 0 spiro atoms. The van der Waals surface area contributed by atoms with Gasteiger partial charge in [0, 0.05) is 35.1 Å². The first-order valence-corrected chi connectivity index (χ1v) is 13.7. The summed E-state index contributed by atoms with van der Waals surface area (Å²) in [5.41, 5.74) is 2.27. The Bertz CT molecular complexity index is 1370. The Morgan fingerprint density at radius 2 is 1.82 bits per heavy atom. The molecular formula is C29H31N3O5S. The van der Waals surface area contributed by atoms with Crippen LogP contribution in [0, 0.1) is 11.3 Å². The van der Waals surface area contributed by atoms with Gasteiger partial charge in [-0.3, -0.25) is 4.79 Å². The lowest BCUT2D eigenvalue weighted by Crippen LogP contribution is -2.56. The monoisotopic (exact) mass is 533 g/mol. The summed E-state index contributed by atoms with van der Waals surface area (Å²) in [7, 11) is 0. The van der Waals surface area contributed by atoms with Gasteiger partial charge in [0.1, 0.15) is 36.1 Å². The molecule has 4 atom stereocenters. The van der Waals surface area contributed by atoms with Gasteiger partial charge in [-0.2, -0.15) is 5.26 Å². The highest BCUT2D eigenvalue weighted by atomic mass is 32.1. The van der Waals surface area contributed by atoms with Crippen molar-refractivity contribution in [2.45, 2.75) is 43.7 Å². The molecule has 198 valence electrons. The molecule has 2 aromatic carbocycles. The largest absolute Gasteiger partial charge is 0.388 e. The van der Waals surface area contributed by atoms with E-state index in [-0.39, 0.29) is 18.7 Å². The van der Waals surface area contributed by atoms with Crippen molar-refractivity contribution >= 4 is 39.8 Å². The molecule has 9 heteroatoms. The lowest BCUT2D eigenvalue weighted by molar-refractivity contribution is -0.185. The third-order valence-corrected chi connectivity index (χ3v) is 8.26. The quantitative estimate of drug-likeness (QED) is 0.283. The number of benzene rings is 2. The van der Waals surface area contributed by atoms with Crippen molar-refractivity contribution in [2.75, 3.05) is 31.1 Å². The summed E-state index contributed by atoms with van der Waals surface area (Å²) >= 11 is 1.49. The highest BCUT2D eigenvalue weighted by Crippen LogP contribution is 2.33. The number of amides is 1. The van der Waals surface area contributed by atoms with Crippen molar-refractivity contribution in [2.24, 2.45) is 0 Å². The molecular weight excluding hydrogens is 502 g/mol. The normalized spacial score (nSPS) is 24.3. The lowest BCUT2D eigenvalue weighted by atomic mass is 10.00. The Morgan fingerprint density at radius 3 is 2.61 bits per heavy atom. The summed E-state index contributed by atoms with van der Waals surface area (Å²) in [5.74, 6) is -0.603. The molecule has 2 fully saturated rings. The van der Waals surface area contributed by atoms with Gasteiger partial charge in [-0.15, -0.1) is 11.3 Å².